The van der Waals surface area contributed by atoms with E-state index in [0.717, 1.165) is 5.56 Å². The molecule has 0 saturated heterocycles. The number of carbonyl (C=O) groups is 1. The van der Waals surface area contributed by atoms with Gasteiger partial charge in [-0.1, -0.05) is 23.2 Å². The van der Waals surface area contributed by atoms with Crippen molar-refractivity contribution in [3.63, 3.8) is 0 Å². The zero-order valence-corrected chi connectivity index (χ0v) is 17.5. The van der Waals surface area contributed by atoms with E-state index in [1.165, 1.54) is 12.1 Å². The van der Waals surface area contributed by atoms with Crippen molar-refractivity contribution in [2.24, 2.45) is 5.10 Å². The zero-order valence-electron chi connectivity index (χ0n) is 16.0. The summed E-state index contributed by atoms with van der Waals surface area (Å²) >= 11 is 12.3. The predicted molar refractivity (Wildman–Crippen MR) is 114 cm³/mol. The number of halogens is 2. The van der Waals surface area contributed by atoms with Gasteiger partial charge in [0.05, 0.1) is 35.2 Å². The van der Waals surface area contributed by atoms with Gasteiger partial charge in [0, 0.05) is 5.02 Å². The Balaban J connectivity index is 1.97. The number of hydrogen-bond acceptors (Lipinski definition) is 4. The van der Waals surface area contributed by atoms with Gasteiger partial charge in [-0.25, -0.2) is 0 Å². The highest BCUT2D eigenvalue weighted by Crippen LogP contribution is 2.38. The Morgan fingerprint density at radius 3 is 2.43 bits per heavy atom. The van der Waals surface area contributed by atoms with Crippen molar-refractivity contribution in [2.45, 2.75) is 26.9 Å². The highest BCUT2D eigenvalue weighted by Gasteiger charge is 2.29. The first kappa shape index (κ1) is 20.2. The van der Waals surface area contributed by atoms with E-state index in [-0.39, 0.29) is 12.0 Å². The molecule has 2 aromatic carbocycles. The predicted octanol–water partition coefficient (Wildman–Crippen LogP) is 5.60. The second-order valence-corrected chi connectivity index (χ2v) is 7.38. The third-order valence-corrected chi connectivity index (χ3v) is 4.58. The van der Waals surface area contributed by atoms with Gasteiger partial charge in [0.1, 0.15) is 0 Å². The summed E-state index contributed by atoms with van der Waals surface area (Å²) < 4.78 is 11.1. The molecule has 0 atom stereocenters. The number of amides is 1. The number of hydrazone groups is 1. The van der Waals surface area contributed by atoms with Gasteiger partial charge in [0.15, 0.2) is 11.5 Å². The van der Waals surface area contributed by atoms with Crippen LogP contribution in [0.3, 0.4) is 0 Å². The molecule has 1 aliphatic heterocycles. The highest BCUT2D eigenvalue weighted by molar-refractivity contribution is 6.34. The van der Waals surface area contributed by atoms with E-state index < -0.39 is 0 Å². The smallest absolute Gasteiger partial charge is 0.280 e. The number of anilines is 1. The second-order valence-electron chi connectivity index (χ2n) is 6.54. The molecule has 1 heterocycles. The minimum absolute atomic E-state index is 0.0512. The first-order chi connectivity index (χ1) is 13.3. The average Bonchev–Trinajstić information content (AvgIpc) is 2.90. The first-order valence-electron chi connectivity index (χ1n) is 8.71. The lowest BCUT2D eigenvalue weighted by molar-refractivity contribution is -0.114. The molecule has 1 amide bonds. The van der Waals surface area contributed by atoms with Crippen molar-refractivity contribution in [2.75, 3.05) is 12.1 Å². The van der Waals surface area contributed by atoms with E-state index in [1.807, 2.05) is 13.8 Å². The van der Waals surface area contributed by atoms with Gasteiger partial charge in [0.25, 0.3) is 5.91 Å². The van der Waals surface area contributed by atoms with Crippen LogP contribution >= 0.6 is 23.2 Å². The molecule has 2 aromatic rings. The first-order valence-corrected chi connectivity index (χ1v) is 9.47. The van der Waals surface area contributed by atoms with Crippen LogP contribution in [-0.4, -0.2) is 24.8 Å². The Morgan fingerprint density at radius 2 is 1.82 bits per heavy atom. The third-order valence-electron chi connectivity index (χ3n) is 4.04. The molecule has 0 fully saturated rings. The number of methoxy groups -OCH3 is 1. The van der Waals surface area contributed by atoms with Crippen LogP contribution in [0, 0.1) is 0 Å². The Bertz CT molecular complexity index is 966. The van der Waals surface area contributed by atoms with Gasteiger partial charge < -0.3 is 9.47 Å². The topological polar surface area (TPSA) is 51.1 Å². The molecule has 0 spiro atoms. The van der Waals surface area contributed by atoms with Crippen LogP contribution < -0.4 is 14.5 Å². The molecular formula is C21H20Cl2N2O3. The minimum Gasteiger partial charge on any atom is -0.491 e. The molecule has 3 rings (SSSR count). The van der Waals surface area contributed by atoms with Crippen LogP contribution in [0.15, 0.2) is 47.1 Å². The lowest BCUT2D eigenvalue weighted by atomic mass is 10.1. The lowest BCUT2D eigenvalue weighted by Crippen LogP contribution is -2.21. The summed E-state index contributed by atoms with van der Waals surface area (Å²) in [5, 5.41) is 6.73. The van der Waals surface area contributed by atoms with Crippen LogP contribution in [-0.2, 0) is 4.79 Å². The number of ether oxygens (including phenoxy) is 2. The van der Waals surface area contributed by atoms with Crippen molar-refractivity contribution < 1.29 is 14.3 Å². The molecule has 0 saturated carbocycles. The molecule has 7 heteroatoms. The number of carbonyl (C=O) groups excluding carboxylic acids is 1. The van der Waals surface area contributed by atoms with Gasteiger partial charge in [0.2, 0.25) is 0 Å². The molecule has 146 valence electrons. The highest BCUT2D eigenvalue weighted by atomic mass is 35.5. The van der Waals surface area contributed by atoms with Crippen LogP contribution in [0.4, 0.5) is 5.69 Å². The van der Waals surface area contributed by atoms with Crippen LogP contribution in [0.2, 0.25) is 10.0 Å². The molecule has 5 nitrogen and oxygen atoms in total. The summed E-state index contributed by atoms with van der Waals surface area (Å²) in [4.78, 5) is 12.9. The third kappa shape index (κ3) is 4.16. The van der Waals surface area contributed by atoms with Crippen molar-refractivity contribution in [1.82, 2.24) is 0 Å². The summed E-state index contributed by atoms with van der Waals surface area (Å²) in [5.74, 6) is 0.757. The molecule has 0 aromatic heterocycles. The summed E-state index contributed by atoms with van der Waals surface area (Å²) in [6.07, 6.45) is 1.69. The van der Waals surface area contributed by atoms with E-state index in [4.69, 9.17) is 32.7 Å². The molecule has 28 heavy (non-hydrogen) atoms. The quantitative estimate of drug-likeness (QED) is 0.594. The number of rotatable bonds is 5. The second kappa shape index (κ2) is 8.25. The van der Waals surface area contributed by atoms with Crippen molar-refractivity contribution in [1.29, 1.82) is 0 Å². The summed E-state index contributed by atoms with van der Waals surface area (Å²) in [6.45, 7) is 5.62. The Morgan fingerprint density at radius 1 is 1.14 bits per heavy atom. The molecule has 0 radical (unpaired) electrons. The normalized spacial score (nSPS) is 15.4. The van der Waals surface area contributed by atoms with E-state index in [2.05, 4.69) is 5.10 Å². The van der Waals surface area contributed by atoms with Crippen LogP contribution in [0.25, 0.3) is 6.08 Å². The maximum absolute atomic E-state index is 12.9. The van der Waals surface area contributed by atoms with Gasteiger partial charge in [-0.2, -0.15) is 10.1 Å². The van der Waals surface area contributed by atoms with E-state index in [9.17, 15) is 4.79 Å². The molecule has 0 aliphatic carbocycles. The van der Waals surface area contributed by atoms with Crippen molar-refractivity contribution in [3.8, 4) is 11.5 Å². The maximum Gasteiger partial charge on any atom is 0.280 e. The number of nitrogens with zero attached hydrogens (tertiary/aromatic N) is 2. The molecule has 1 aliphatic rings. The van der Waals surface area contributed by atoms with Crippen LogP contribution in [0.5, 0.6) is 11.5 Å². The minimum atomic E-state index is -0.224. The number of hydrogen-bond donors (Lipinski definition) is 0. The number of benzene rings is 2. The van der Waals surface area contributed by atoms with Crippen molar-refractivity contribution in [3.05, 3.63) is 57.6 Å². The monoisotopic (exact) mass is 418 g/mol. The Kier molecular flexibility index (Phi) is 5.96. The fourth-order valence-electron chi connectivity index (χ4n) is 2.82. The molecule has 0 N–H and O–H groups in total. The summed E-state index contributed by atoms with van der Waals surface area (Å²) in [5.41, 5.74) is 2.45. The molecular weight excluding hydrogens is 399 g/mol. The van der Waals surface area contributed by atoms with Gasteiger partial charge in [-0.3, -0.25) is 4.79 Å². The molecule has 0 unspecified atom stereocenters. The largest absolute Gasteiger partial charge is 0.491 e. The fourth-order valence-corrected chi connectivity index (χ4v) is 3.24. The Labute approximate surface area is 174 Å². The van der Waals surface area contributed by atoms with E-state index in [0.29, 0.717) is 38.5 Å². The summed E-state index contributed by atoms with van der Waals surface area (Å²) in [6, 6.07) is 10.5. The fraction of sp³-hybridized carbons (Fsp3) is 0.238. The van der Waals surface area contributed by atoms with Gasteiger partial charge in [-0.05, 0) is 68.8 Å². The SMILES string of the molecule is COc1c(Cl)cc(/C=C2/C(=O)N(c3ccc(Cl)cc3)N=C2C)cc1OC(C)C. The van der Waals surface area contributed by atoms with Gasteiger partial charge >= 0.3 is 0 Å². The summed E-state index contributed by atoms with van der Waals surface area (Å²) in [7, 11) is 1.54. The van der Waals surface area contributed by atoms with E-state index in [1.54, 1.807) is 49.4 Å². The standard InChI is InChI=1S/C21H20Cl2N2O3/c1-12(2)28-19-11-14(10-18(23)20(19)27-4)9-17-13(3)24-25(21(17)26)16-7-5-15(22)6-8-16/h5-12H,1-4H3/b17-9+. The average molecular weight is 419 g/mol. The lowest BCUT2D eigenvalue weighted by Gasteiger charge is -2.15. The maximum atomic E-state index is 12.9. The van der Waals surface area contributed by atoms with Crippen LogP contribution in [0.1, 0.15) is 26.3 Å². The van der Waals surface area contributed by atoms with Crippen molar-refractivity contribution >= 4 is 46.6 Å². The Hall–Kier alpha value is -2.50. The molecule has 0 bridgehead atoms. The van der Waals surface area contributed by atoms with E-state index >= 15 is 0 Å². The van der Waals surface area contributed by atoms with Gasteiger partial charge in [-0.15, -0.1) is 0 Å². The zero-order chi connectivity index (χ0) is 20.4.